The minimum absolute atomic E-state index is 0.391. The van der Waals surface area contributed by atoms with Gasteiger partial charge in [0.2, 0.25) is 0 Å². The molecule has 1 saturated carbocycles. The summed E-state index contributed by atoms with van der Waals surface area (Å²) in [6.45, 7) is 0. The summed E-state index contributed by atoms with van der Waals surface area (Å²) < 4.78 is 0. The molecule has 3 heteroatoms. The van der Waals surface area contributed by atoms with Crippen LogP contribution in [0.2, 0.25) is 0 Å². The molecule has 1 aromatic heterocycles. The van der Waals surface area contributed by atoms with Crippen LogP contribution in [0.4, 0.5) is 0 Å². The average Bonchev–Trinajstić information content (AvgIpc) is 2.91. The maximum Gasteiger partial charge on any atom is 0.0944 e. The van der Waals surface area contributed by atoms with Crippen molar-refractivity contribution in [2.45, 2.75) is 31.8 Å². The van der Waals surface area contributed by atoms with Gasteiger partial charge in [0.1, 0.15) is 0 Å². The molecule has 3 rings (SSSR count). The second-order valence-corrected chi connectivity index (χ2v) is 4.76. The Morgan fingerprint density at radius 2 is 1.88 bits per heavy atom. The lowest BCUT2D eigenvalue weighted by molar-refractivity contribution is 0.113. The Balaban J connectivity index is 2.04. The van der Waals surface area contributed by atoms with E-state index in [1.54, 1.807) is 12.4 Å². The van der Waals surface area contributed by atoms with Crippen LogP contribution in [0.1, 0.15) is 37.4 Å². The second kappa shape index (κ2) is 4.41. The minimum Gasteiger partial charge on any atom is -0.388 e. The molecule has 3 nitrogen and oxygen atoms in total. The number of benzene rings is 1. The number of aliphatic hydroxyl groups is 1. The summed E-state index contributed by atoms with van der Waals surface area (Å²) in [5, 5.41) is 10.5. The van der Waals surface area contributed by atoms with Crippen molar-refractivity contribution in [3.8, 4) is 0 Å². The van der Waals surface area contributed by atoms with Crippen molar-refractivity contribution in [1.29, 1.82) is 0 Å². The molecular formula is C14H16N2O. The van der Waals surface area contributed by atoms with E-state index in [-0.39, 0.29) is 0 Å². The van der Waals surface area contributed by atoms with Crippen molar-refractivity contribution in [3.05, 3.63) is 36.2 Å². The molecule has 1 aliphatic carbocycles. The first-order valence-electron chi connectivity index (χ1n) is 6.24. The molecule has 1 aromatic carbocycles. The molecule has 1 atom stereocenters. The average molecular weight is 228 g/mol. The summed E-state index contributed by atoms with van der Waals surface area (Å²) in [6, 6.07) is 5.86. The summed E-state index contributed by atoms with van der Waals surface area (Å²) >= 11 is 0. The van der Waals surface area contributed by atoms with Gasteiger partial charge >= 0.3 is 0 Å². The standard InChI is InChI=1S/C14H16N2O/c17-14(10-4-1-2-5-10)11-6-3-7-12-13(11)16-9-8-15-12/h3,6-10,14,17H,1-2,4-5H2. The lowest BCUT2D eigenvalue weighted by Crippen LogP contribution is -2.09. The van der Waals surface area contributed by atoms with Crippen LogP contribution in [0.25, 0.3) is 11.0 Å². The first-order valence-corrected chi connectivity index (χ1v) is 6.24. The number of aliphatic hydroxyl groups excluding tert-OH is 1. The van der Waals surface area contributed by atoms with E-state index in [1.807, 2.05) is 18.2 Å². The first-order chi connectivity index (χ1) is 8.36. The molecule has 0 amide bonds. The molecule has 1 heterocycles. The van der Waals surface area contributed by atoms with Gasteiger partial charge in [0.15, 0.2) is 0 Å². The molecule has 0 bridgehead atoms. The summed E-state index contributed by atoms with van der Waals surface area (Å²) in [5.41, 5.74) is 2.64. The Morgan fingerprint density at radius 1 is 1.12 bits per heavy atom. The lowest BCUT2D eigenvalue weighted by Gasteiger charge is -2.18. The van der Waals surface area contributed by atoms with Crippen molar-refractivity contribution >= 4 is 11.0 Å². The summed E-state index contributed by atoms with van der Waals surface area (Å²) in [5.74, 6) is 0.391. The van der Waals surface area contributed by atoms with E-state index in [9.17, 15) is 5.11 Å². The van der Waals surface area contributed by atoms with E-state index in [2.05, 4.69) is 9.97 Å². The Morgan fingerprint density at radius 3 is 2.71 bits per heavy atom. The van der Waals surface area contributed by atoms with Crippen molar-refractivity contribution in [2.24, 2.45) is 5.92 Å². The normalized spacial score (nSPS) is 18.6. The second-order valence-electron chi connectivity index (χ2n) is 4.76. The number of hydrogen-bond acceptors (Lipinski definition) is 3. The molecule has 88 valence electrons. The Labute approximate surface area is 101 Å². The number of aromatic nitrogens is 2. The number of hydrogen-bond donors (Lipinski definition) is 1. The molecule has 0 spiro atoms. The topological polar surface area (TPSA) is 46.0 Å². The quantitative estimate of drug-likeness (QED) is 0.859. The van der Waals surface area contributed by atoms with E-state index in [1.165, 1.54) is 12.8 Å². The van der Waals surface area contributed by atoms with E-state index in [0.717, 1.165) is 29.4 Å². The number of fused-ring (bicyclic) bond motifs is 1. The molecule has 1 N–H and O–H groups in total. The Bertz CT molecular complexity index is 515. The highest BCUT2D eigenvalue weighted by Gasteiger charge is 2.25. The predicted molar refractivity (Wildman–Crippen MR) is 66.5 cm³/mol. The molecular weight excluding hydrogens is 212 g/mol. The fourth-order valence-electron chi connectivity index (χ4n) is 2.78. The van der Waals surface area contributed by atoms with Gasteiger partial charge in [-0.2, -0.15) is 0 Å². The van der Waals surface area contributed by atoms with Crippen LogP contribution < -0.4 is 0 Å². The van der Waals surface area contributed by atoms with Crippen LogP contribution in [0, 0.1) is 5.92 Å². The zero-order valence-electron chi connectivity index (χ0n) is 9.71. The summed E-state index contributed by atoms with van der Waals surface area (Å²) in [6.07, 6.45) is 7.70. The maximum absolute atomic E-state index is 10.5. The van der Waals surface area contributed by atoms with Gasteiger partial charge in [-0.05, 0) is 24.8 Å². The lowest BCUT2D eigenvalue weighted by atomic mass is 9.93. The van der Waals surface area contributed by atoms with Gasteiger partial charge in [-0.3, -0.25) is 9.97 Å². The van der Waals surface area contributed by atoms with Crippen molar-refractivity contribution < 1.29 is 5.11 Å². The van der Waals surface area contributed by atoms with E-state index in [4.69, 9.17) is 0 Å². The third-order valence-corrected chi connectivity index (χ3v) is 3.69. The van der Waals surface area contributed by atoms with Crippen LogP contribution in [0.15, 0.2) is 30.6 Å². The molecule has 1 fully saturated rings. The zero-order chi connectivity index (χ0) is 11.7. The minimum atomic E-state index is -0.391. The zero-order valence-corrected chi connectivity index (χ0v) is 9.71. The number of para-hydroxylation sites is 1. The van der Waals surface area contributed by atoms with Crippen molar-refractivity contribution in [1.82, 2.24) is 9.97 Å². The largest absolute Gasteiger partial charge is 0.388 e. The van der Waals surface area contributed by atoms with Gasteiger partial charge in [0, 0.05) is 18.0 Å². The molecule has 2 aromatic rings. The maximum atomic E-state index is 10.5. The van der Waals surface area contributed by atoms with Gasteiger partial charge < -0.3 is 5.11 Å². The number of rotatable bonds is 2. The van der Waals surface area contributed by atoms with Crippen LogP contribution in [0.3, 0.4) is 0 Å². The summed E-state index contributed by atoms with van der Waals surface area (Å²) in [4.78, 5) is 8.63. The van der Waals surface area contributed by atoms with Crippen LogP contribution in [0.5, 0.6) is 0 Å². The molecule has 0 aliphatic heterocycles. The fraction of sp³-hybridized carbons (Fsp3) is 0.429. The Hall–Kier alpha value is -1.48. The summed E-state index contributed by atoms with van der Waals surface area (Å²) in [7, 11) is 0. The third-order valence-electron chi connectivity index (χ3n) is 3.69. The van der Waals surface area contributed by atoms with Gasteiger partial charge in [-0.25, -0.2) is 0 Å². The Kier molecular flexibility index (Phi) is 2.77. The van der Waals surface area contributed by atoms with E-state index in [0.29, 0.717) is 5.92 Å². The van der Waals surface area contributed by atoms with Crippen LogP contribution in [-0.2, 0) is 0 Å². The van der Waals surface area contributed by atoms with Crippen molar-refractivity contribution in [2.75, 3.05) is 0 Å². The highest BCUT2D eigenvalue weighted by Crippen LogP contribution is 2.37. The highest BCUT2D eigenvalue weighted by atomic mass is 16.3. The van der Waals surface area contributed by atoms with Gasteiger partial charge in [-0.1, -0.05) is 25.0 Å². The smallest absolute Gasteiger partial charge is 0.0944 e. The van der Waals surface area contributed by atoms with Crippen molar-refractivity contribution in [3.63, 3.8) is 0 Å². The predicted octanol–water partition coefficient (Wildman–Crippen LogP) is 2.85. The first kappa shape index (κ1) is 10.7. The molecule has 1 aliphatic rings. The third kappa shape index (κ3) is 1.91. The van der Waals surface area contributed by atoms with Gasteiger partial charge in [-0.15, -0.1) is 0 Å². The molecule has 1 unspecified atom stereocenters. The molecule has 0 radical (unpaired) electrons. The van der Waals surface area contributed by atoms with Crippen LogP contribution in [-0.4, -0.2) is 15.1 Å². The highest BCUT2D eigenvalue weighted by molar-refractivity contribution is 5.77. The number of nitrogens with zero attached hydrogens (tertiary/aromatic N) is 2. The van der Waals surface area contributed by atoms with E-state index >= 15 is 0 Å². The monoisotopic (exact) mass is 228 g/mol. The fourth-order valence-corrected chi connectivity index (χ4v) is 2.78. The molecule has 17 heavy (non-hydrogen) atoms. The molecule has 0 saturated heterocycles. The van der Waals surface area contributed by atoms with Gasteiger partial charge in [0.05, 0.1) is 17.1 Å². The van der Waals surface area contributed by atoms with Crippen LogP contribution >= 0.6 is 0 Å². The van der Waals surface area contributed by atoms with E-state index < -0.39 is 6.10 Å². The van der Waals surface area contributed by atoms with Gasteiger partial charge in [0.25, 0.3) is 0 Å². The SMILES string of the molecule is OC(c1cccc2nccnc12)C1CCCC1.